The number of aliphatic hydroxyl groups is 1. The number of aromatic nitrogens is 2. The summed E-state index contributed by atoms with van der Waals surface area (Å²) in [6, 6.07) is 6.28. The van der Waals surface area contributed by atoms with Gasteiger partial charge in [-0.25, -0.2) is 14.2 Å². The molecule has 3 rings (SSSR count). The fourth-order valence-electron chi connectivity index (χ4n) is 4.70. The van der Waals surface area contributed by atoms with E-state index in [2.05, 4.69) is 32.5 Å². The smallest absolute Gasteiger partial charge is 0.409 e. The van der Waals surface area contributed by atoms with Crippen molar-refractivity contribution >= 4 is 71.8 Å². The highest BCUT2D eigenvalue weighted by atomic mass is 35.5. The molecule has 0 fully saturated rings. The predicted molar refractivity (Wildman–Crippen MR) is 199 cm³/mol. The second-order valence-corrected chi connectivity index (χ2v) is 13.9. The standard InChI is InChI=1S/C31H40B3ClF3N9O4/c1-30(2,3)9-10-41-28(39)46(26(49)19-5-7-21(23(36)11-19)20-13-43-45(14-20)31(32,33)34)25(15-51-29(50)42-17-48)18-6-8-22(35)24(12-18)47(27(37)38)44-16-40-4/h5-8,11-14,16,25,27,48H,4,9-10,15,17,32-34H2,1-3H3,(H2,39,41)(H,42,50)/b44-16-/t25-/m1/s1. The van der Waals surface area contributed by atoms with Gasteiger partial charge in [-0.2, -0.15) is 19.0 Å². The number of anilines is 1. The molecule has 3 aromatic rings. The molecule has 20 heteroatoms. The van der Waals surface area contributed by atoms with Crippen molar-refractivity contribution in [3.05, 3.63) is 70.8 Å². The Balaban J connectivity index is 2.18. The van der Waals surface area contributed by atoms with Crippen molar-refractivity contribution in [2.24, 2.45) is 15.5 Å². The lowest BCUT2D eigenvalue weighted by Gasteiger charge is -2.33. The van der Waals surface area contributed by atoms with E-state index in [9.17, 15) is 18.4 Å². The number of carbonyl (C=O) groups excluding carboxylic acids is 2. The van der Waals surface area contributed by atoms with Crippen LogP contribution in [0.3, 0.4) is 0 Å². The van der Waals surface area contributed by atoms with Gasteiger partial charge in [-0.05, 0) is 53.6 Å². The fourth-order valence-corrected chi connectivity index (χ4v) is 4.91. The maximum Gasteiger partial charge on any atom is 0.409 e. The Labute approximate surface area is 302 Å². The van der Waals surface area contributed by atoms with Crippen LogP contribution < -0.4 is 15.6 Å². The number of alkyl halides is 2. The van der Waals surface area contributed by atoms with E-state index in [-0.39, 0.29) is 49.6 Å². The number of hydrogen-bond donors (Lipinski definition) is 4. The zero-order chi connectivity index (χ0) is 38.1. The van der Waals surface area contributed by atoms with Gasteiger partial charge >= 0.3 is 12.6 Å². The minimum absolute atomic E-state index is 0.0843. The van der Waals surface area contributed by atoms with Gasteiger partial charge in [-0.3, -0.25) is 30.1 Å². The molecule has 270 valence electrons. The number of alkyl carbamates (subject to hydrolysis) is 1. The molecule has 0 aliphatic rings. The van der Waals surface area contributed by atoms with Crippen LogP contribution in [0.2, 0.25) is 5.02 Å². The summed E-state index contributed by atoms with van der Waals surface area (Å²) in [6.07, 6.45) is 3.48. The van der Waals surface area contributed by atoms with Crippen LogP contribution in [0.5, 0.6) is 0 Å². The zero-order valence-electron chi connectivity index (χ0n) is 29.3. The van der Waals surface area contributed by atoms with Crippen LogP contribution in [0.1, 0.15) is 49.2 Å². The van der Waals surface area contributed by atoms with Crippen LogP contribution in [-0.2, 0) is 9.97 Å². The van der Waals surface area contributed by atoms with E-state index in [4.69, 9.17) is 26.9 Å². The number of nitrogens with zero attached hydrogens (tertiary/aromatic N) is 6. The second kappa shape index (κ2) is 17.4. The van der Waals surface area contributed by atoms with Crippen LogP contribution in [0.15, 0.2) is 58.9 Å². The normalized spacial score (nSPS) is 12.4. The Morgan fingerprint density at radius 1 is 1.20 bits per heavy atom. The topological polar surface area (TPSA) is 161 Å². The van der Waals surface area contributed by atoms with Crippen LogP contribution in [0.25, 0.3) is 11.1 Å². The van der Waals surface area contributed by atoms with Crippen molar-refractivity contribution in [1.82, 2.24) is 25.3 Å². The van der Waals surface area contributed by atoms with E-state index < -0.39 is 49.7 Å². The number of rotatable bonds is 14. The van der Waals surface area contributed by atoms with Crippen molar-refractivity contribution in [1.29, 1.82) is 5.41 Å². The number of benzene rings is 2. The largest absolute Gasteiger partial charge is 0.447 e. The zero-order valence-corrected chi connectivity index (χ0v) is 30.0. The fraction of sp³-hybridized carbons (Fsp3) is 0.355. The molecule has 2 aromatic carbocycles. The summed E-state index contributed by atoms with van der Waals surface area (Å²) in [6.45, 7) is 4.81. The molecule has 0 saturated carbocycles. The molecule has 2 amide bonds. The van der Waals surface area contributed by atoms with E-state index in [1.807, 2.05) is 44.3 Å². The number of carbonyl (C=O) groups is 2. The third-order valence-corrected chi connectivity index (χ3v) is 7.70. The molecule has 13 nitrogen and oxygen atoms in total. The van der Waals surface area contributed by atoms with Crippen LogP contribution in [0, 0.1) is 16.6 Å². The van der Waals surface area contributed by atoms with E-state index in [1.54, 1.807) is 10.9 Å². The molecule has 0 spiro atoms. The van der Waals surface area contributed by atoms with Gasteiger partial charge in [-0.15, -0.1) is 0 Å². The summed E-state index contributed by atoms with van der Waals surface area (Å²) in [4.78, 5) is 31.0. The maximum absolute atomic E-state index is 15.7. The summed E-state index contributed by atoms with van der Waals surface area (Å²) in [5.41, 5.74) is 0.105. The molecule has 0 bridgehead atoms. The maximum atomic E-state index is 15.7. The third-order valence-electron chi connectivity index (χ3n) is 7.38. The van der Waals surface area contributed by atoms with E-state index in [0.717, 1.165) is 17.3 Å². The first kappa shape index (κ1) is 40.7. The third kappa shape index (κ3) is 11.1. The Bertz CT molecular complexity index is 1750. The van der Waals surface area contributed by atoms with Crippen molar-refractivity contribution in [2.75, 3.05) is 24.9 Å². The van der Waals surface area contributed by atoms with E-state index in [0.29, 0.717) is 12.0 Å². The molecule has 0 aliphatic heterocycles. The van der Waals surface area contributed by atoms with Gasteiger partial charge in [0.15, 0.2) is 5.96 Å². The number of aliphatic imine (C=N–C) groups is 1. The van der Waals surface area contributed by atoms with Crippen LogP contribution in [-0.4, -0.2) is 101 Å². The number of guanidine groups is 1. The highest BCUT2D eigenvalue weighted by Gasteiger charge is 2.33. The molecule has 0 radical (unpaired) electrons. The number of halogens is 4. The first-order chi connectivity index (χ1) is 23.9. The quantitative estimate of drug-likeness (QED) is 0.0495. The summed E-state index contributed by atoms with van der Waals surface area (Å²) in [5.74, 6) is -2.08. The van der Waals surface area contributed by atoms with Gasteiger partial charge in [0.2, 0.25) is 0 Å². The molecule has 51 heavy (non-hydrogen) atoms. The minimum Gasteiger partial charge on any atom is -0.447 e. The molecular weight excluding hydrogens is 687 g/mol. The van der Waals surface area contributed by atoms with Gasteiger partial charge in [0, 0.05) is 29.4 Å². The SMILES string of the molecule is BC(B)(B)n1cc(-c2ccc(C(=O)N(C(=N)NCCC(C)(C)C)[C@H](COC(=O)NCO)c3ccc(Cl)c(N(/N=C\N=C)C(F)F)c3)cc2F)cn1. The minimum atomic E-state index is -3.19. The second-order valence-electron chi connectivity index (χ2n) is 13.5. The Hall–Kier alpha value is -4.77. The molecule has 1 heterocycles. The van der Waals surface area contributed by atoms with Crippen molar-refractivity contribution in [2.45, 2.75) is 45.0 Å². The number of hydrazone groups is 1. The van der Waals surface area contributed by atoms with E-state index >= 15 is 4.39 Å². The van der Waals surface area contributed by atoms with Gasteiger partial charge in [0.25, 0.3) is 5.91 Å². The Morgan fingerprint density at radius 2 is 1.90 bits per heavy atom. The first-order valence-corrected chi connectivity index (χ1v) is 16.1. The summed E-state index contributed by atoms with van der Waals surface area (Å²) < 4.78 is 51.0. The average molecular weight is 728 g/mol. The van der Waals surface area contributed by atoms with E-state index in [1.165, 1.54) is 36.5 Å². The predicted octanol–water partition coefficient (Wildman–Crippen LogP) is 2.30. The summed E-state index contributed by atoms with van der Waals surface area (Å²) in [7, 11) is 5.82. The molecule has 0 saturated heterocycles. The first-order valence-electron chi connectivity index (χ1n) is 15.8. The molecule has 1 atom stereocenters. The number of nitrogens with one attached hydrogen (secondary N) is 3. The Kier molecular flexibility index (Phi) is 13.9. The highest BCUT2D eigenvalue weighted by molar-refractivity contribution is 6.56. The van der Waals surface area contributed by atoms with Gasteiger partial charge < -0.3 is 15.2 Å². The van der Waals surface area contributed by atoms with Gasteiger partial charge in [0.1, 0.15) is 49.0 Å². The van der Waals surface area contributed by atoms with Gasteiger partial charge in [-0.1, -0.05) is 44.5 Å². The lowest BCUT2D eigenvalue weighted by atomic mass is 9.49. The molecule has 1 aromatic heterocycles. The monoisotopic (exact) mass is 727 g/mol. The summed E-state index contributed by atoms with van der Waals surface area (Å²) in [5, 5.41) is 30.8. The van der Waals surface area contributed by atoms with Gasteiger partial charge in [0.05, 0.1) is 22.9 Å². The lowest BCUT2D eigenvalue weighted by molar-refractivity contribution is 0.0684. The molecule has 0 unspecified atom stereocenters. The molecular formula is C31H40B3ClF3N9O4. The average Bonchev–Trinajstić information content (AvgIpc) is 3.54. The lowest BCUT2D eigenvalue weighted by Crippen LogP contribution is -2.48. The number of amides is 2. The molecule has 0 aliphatic carbocycles. The summed E-state index contributed by atoms with van der Waals surface area (Å²) >= 11 is 6.31. The van der Waals surface area contributed by atoms with Crippen LogP contribution in [0.4, 0.5) is 23.7 Å². The highest BCUT2D eigenvalue weighted by Crippen LogP contribution is 2.34. The van der Waals surface area contributed by atoms with Crippen LogP contribution >= 0.6 is 11.6 Å². The number of hydrogen-bond acceptors (Lipinski definition) is 8. The van der Waals surface area contributed by atoms with Crippen molar-refractivity contribution < 1.29 is 32.6 Å². The molecule has 4 N–H and O–H groups in total. The van der Waals surface area contributed by atoms with Crippen molar-refractivity contribution in [3.63, 3.8) is 0 Å². The number of ether oxygens (including phenoxy) is 1. The van der Waals surface area contributed by atoms with Crippen molar-refractivity contribution in [3.8, 4) is 11.1 Å². The Morgan fingerprint density at radius 3 is 2.47 bits per heavy atom. The number of aliphatic hydroxyl groups excluding tert-OH is 1.